The van der Waals surface area contributed by atoms with Crippen molar-refractivity contribution < 1.29 is 14.3 Å². The highest BCUT2D eigenvalue weighted by Crippen LogP contribution is 2.17. The van der Waals surface area contributed by atoms with E-state index >= 15 is 0 Å². The van der Waals surface area contributed by atoms with Gasteiger partial charge in [0.25, 0.3) is 0 Å². The SMILES string of the molecule is CC(C)(C)COC(=O)CCCC1CO1. The Bertz CT molecular complexity index is 189. The monoisotopic (exact) mass is 200 g/mol. The van der Waals surface area contributed by atoms with Crippen molar-refractivity contribution in [2.45, 2.75) is 46.1 Å². The molecule has 1 fully saturated rings. The molecule has 14 heavy (non-hydrogen) atoms. The van der Waals surface area contributed by atoms with Crippen LogP contribution in [0, 0.1) is 5.41 Å². The van der Waals surface area contributed by atoms with Crippen molar-refractivity contribution in [3.8, 4) is 0 Å². The number of ether oxygens (including phenoxy) is 2. The molecule has 1 atom stereocenters. The summed E-state index contributed by atoms with van der Waals surface area (Å²) in [6.07, 6.45) is 2.82. The third kappa shape index (κ3) is 5.97. The fraction of sp³-hybridized carbons (Fsp3) is 0.909. The maximum Gasteiger partial charge on any atom is 0.305 e. The van der Waals surface area contributed by atoms with E-state index in [0.717, 1.165) is 19.4 Å². The molecule has 82 valence electrons. The standard InChI is InChI=1S/C11H20O3/c1-11(2,3)8-14-10(12)6-4-5-9-7-13-9/h9H,4-8H2,1-3H3. The quantitative estimate of drug-likeness (QED) is 0.504. The average molecular weight is 200 g/mol. The van der Waals surface area contributed by atoms with Crippen LogP contribution in [0.5, 0.6) is 0 Å². The Hall–Kier alpha value is -0.570. The molecule has 3 heteroatoms. The smallest absolute Gasteiger partial charge is 0.305 e. The number of epoxide rings is 1. The van der Waals surface area contributed by atoms with Crippen molar-refractivity contribution in [2.24, 2.45) is 5.41 Å². The van der Waals surface area contributed by atoms with Crippen molar-refractivity contribution in [2.75, 3.05) is 13.2 Å². The van der Waals surface area contributed by atoms with Gasteiger partial charge in [-0.1, -0.05) is 20.8 Å². The first-order valence-corrected chi connectivity index (χ1v) is 5.24. The summed E-state index contributed by atoms with van der Waals surface area (Å²) in [6.45, 7) is 7.54. The van der Waals surface area contributed by atoms with E-state index in [4.69, 9.17) is 9.47 Å². The Kier molecular flexibility index (Phi) is 3.93. The molecular weight excluding hydrogens is 180 g/mol. The molecule has 0 radical (unpaired) electrons. The van der Waals surface area contributed by atoms with E-state index in [1.165, 1.54) is 0 Å². The number of hydrogen-bond acceptors (Lipinski definition) is 3. The summed E-state index contributed by atoms with van der Waals surface area (Å²) in [6, 6.07) is 0. The number of carbonyl (C=O) groups excluding carboxylic acids is 1. The van der Waals surface area contributed by atoms with E-state index < -0.39 is 0 Å². The van der Waals surface area contributed by atoms with Gasteiger partial charge in [0, 0.05) is 6.42 Å². The van der Waals surface area contributed by atoms with E-state index in [2.05, 4.69) is 20.8 Å². The van der Waals surface area contributed by atoms with Crippen molar-refractivity contribution in [1.82, 2.24) is 0 Å². The van der Waals surface area contributed by atoms with E-state index in [0.29, 0.717) is 19.1 Å². The fourth-order valence-electron chi connectivity index (χ4n) is 1.08. The molecule has 0 bridgehead atoms. The molecule has 0 saturated carbocycles. The number of rotatable bonds is 5. The second kappa shape index (κ2) is 4.78. The molecule has 3 nitrogen and oxygen atoms in total. The van der Waals surface area contributed by atoms with Crippen molar-refractivity contribution in [1.29, 1.82) is 0 Å². The molecule has 0 spiro atoms. The number of carbonyl (C=O) groups is 1. The van der Waals surface area contributed by atoms with Gasteiger partial charge in [0.05, 0.1) is 19.3 Å². The summed E-state index contributed by atoms with van der Waals surface area (Å²) in [7, 11) is 0. The lowest BCUT2D eigenvalue weighted by atomic mass is 9.99. The Morgan fingerprint density at radius 1 is 1.50 bits per heavy atom. The zero-order valence-corrected chi connectivity index (χ0v) is 9.34. The van der Waals surface area contributed by atoms with E-state index in [1.807, 2.05) is 0 Å². The van der Waals surface area contributed by atoms with Crippen LogP contribution in [0.2, 0.25) is 0 Å². The zero-order valence-electron chi connectivity index (χ0n) is 9.34. The number of hydrogen-bond donors (Lipinski definition) is 0. The summed E-state index contributed by atoms with van der Waals surface area (Å²) < 4.78 is 10.2. The first-order valence-electron chi connectivity index (χ1n) is 5.24. The van der Waals surface area contributed by atoms with Gasteiger partial charge in [-0.05, 0) is 18.3 Å². The van der Waals surface area contributed by atoms with Crippen LogP contribution in [0.4, 0.5) is 0 Å². The zero-order chi connectivity index (χ0) is 10.6. The maximum absolute atomic E-state index is 11.2. The van der Waals surface area contributed by atoms with Gasteiger partial charge >= 0.3 is 5.97 Å². The van der Waals surface area contributed by atoms with Gasteiger partial charge in [-0.15, -0.1) is 0 Å². The molecule has 1 unspecified atom stereocenters. The molecule has 0 amide bonds. The first-order chi connectivity index (χ1) is 6.47. The van der Waals surface area contributed by atoms with E-state index in [9.17, 15) is 4.79 Å². The van der Waals surface area contributed by atoms with Gasteiger partial charge in [0.2, 0.25) is 0 Å². The first kappa shape index (κ1) is 11.5. The third-order valence-corrected chi connectivity index (χ3v) is 1.98. The molecule has 1 aliphatic rings. The largest absolute Gasteiger partial charge is 0.465 e. The minimum absolute atomic E-state index is 0.0647. The highest BCUT2D eigenvalue weighted by Gasteiger charge is 2.22. The molecular formula is C11H20O3. The minimum atomic E-state index is -0.0828. The fourth-order valence-corrected chi connectivity index (χ4v) is 1.08. The molecule has 1 heterocycles. The average Bonchev–Trinajstić information content (AvgIpc) is 2.83. The maximum atomic E-state index is 11.2. The summed E-state index contributed by atoms with van der Waals surface area (Å²) in [5.41, 5.74) is 0.0647. The van der Waals surface area contributed by atoms with Crippen LogP contribution >= 0.6 is 0 Å². The van der Waals surface area contributed by atoms with Crippen LogP contribution in [-0.4, -0.2) is 25.3 Å². The lowest BCUT2D eigenvalue weighted by molar-refractivity contribution is -0.146. The molecule has 0 N–H and O–H groups in total. The van der Waals surface area contributed by atoms with Crippen LogP contribution in [0.1, 0.15) is 40.0 Å². The predicted molar refractivity (Wildman–Crippen MR) is 54.0 cm³/mol. The van der Waals surface area contributed by atoms with Crippen molar-refractivity contribution in [3.63, 3.8) is 0 Å². The Labute approximate surface area is 85.8 Å². The lowest BCUT2D eigenvalue weighted by Gasteiger charge is -2.17. The predicted octanol–water partition coefficient (Wildman–Crippen LogP) is 2.14. The second-order valence-electron chi connectivity index (χ2n) is 5.07. The van der Waals surface area contributed by atoms with Gasteiger partial charge in [0.1, 0.15) is 0 Å². The van der Waals surface area contributed by atoms with Gasteiger partial charge in [-0.3, -0.25) is 4.79 Å². The highest BCUT2D eigenvalue weighted by atomic mass is 16.6. The summed E-state index contributed by atoms with van der Waals surface area (Å²) >= 11 is 0. The topological polar surface area (TPSA) is 38.8 Å². The van der Waals surface area contributed by atoms with Crippen molar-refractivity contribution in [3.05, 3.63) is 0 Å². The van der Waals surface area contributed by atoms with Gasteiger partial charge in [-0.2, -0.15) is 0 Å². The molecule has 0 aromatic heterocycles. The molecule has 0 aliphatic carbocycles. The Morgan fingerprint density at radius 2 is 2.14 bits per heavy atom. The van der Waals surface area contributed by atoms with Crippen LogP contribution in [0.3, 0.4) is 0 Å². The normalized spacial score (nSPS) is 20.6. The van der Waals surface area contributed by atoms with E-state index in [1.54, 1.807) is 0 Å². The molecule has 1 aliphatic heterocycles. The molecule has 1 saturated heterocycles. The van der Waals surface area contributed by atoms with Crippen LogP contribution in [0.25, 0.3) is 0 Å². The van der Waals surface area contributed by atoms with Crippen LogP contribution in [-0.2, 0) is 14.3 Å². The van der Waals surface area contributed by atoms with E-state index in [-0.39, 0.29) is 11.4 Å². The number of esters is 1. The summed E-state index contributed by atoms with van der Waals surface area (Å²) in [4.78, 5) is 11.2. The second-order valence-corrected chi connectivity index (χ2v) is 5.07. The lowest BCUT2D eigenvalue weighted by Crippen LogP contribution is -2.18. The third-order valence-electron chi connectivity index (χ3n) is 1.98. The molecule has 1 rings (SSSR count). The van der Waals surface area contributed by atoms with Crippen molar-refractivity contribution >= 4 is 5.97 Å². The molecule has 0 aromatic rings. The summed E-state index contributed by atoms with van der Waals surface area (Å²) in [5.74, 6) is -0.0828. The van der Waals surface area contributed by atoms with Gasteiger partial charge in [-0.25, -0.2) is 0 Å². The van der Waals surface area contributed by atoms with Gasteiger partial charge in [0.15, 0.2) is 0 Å². The minimum Gasteiger partial charge on any atom is -0.465 e. The Balaban J connectivity index is 1.97. The van der Waals surface area contributed by atoms with Crippen LogP contribution < -0.4 is 0 Å². The van der Waals surface area contributed by atoms with Crippen LogP contribution in [0.15, 0.2) is 0 Å². The highest BCUT2D eigenvalue weighted by molar-refractivity contribution is 5.69. The molecule has 0 aromatic carbocycles. The van der Waals surface area contributed by atoms with Gasteiger partial charge < -0.3 is 9.47 Å². The summed E-state index contributed by atoms with van der Waals surface area (Å²) in [5, 5.41) is 0. The Morgan fingerprint density at radius 3 is 2.64 bits per heavy atom.